The molecule has 2 aromatic heterocycles. The Labute approximate surface area is 203 Å². The van der Waals surface area contributed by atoms with Crippen LogP contribution in [0.2, 0.25) is 5.02 Å². The number of ether oxygens (including phenoxy) is 1. The van der Waals surface area contributed by atoms with Crippen molar-refractivity contribution >= 4 is 47.2 Å². The van der Waals surface area contributed by atoms with Gasteiger partial charge in [0.25, 0.3) is 0 Å². The van der Waals surface area contributed by atoms with Gasteiger partial charge in [-0.15, -0.1) is 5.10 Å². The Morgan fingerprint density at radius 2 is 1.97 bits per heavy atom. The predicted molar refractivity (Wildman–Crippen MR) is 129 cm³/mol. The first-order valence-electron chi connectivity index (χ1n) is 9.65. The smallest absolute Gasteiger partial charge is 0.342 e. The zero-order valence-corrected chi connectivity index (χ0v) is 19.9. The normalized spacial score (nSPS) is 11.5. The zero-order valence-electron chi connectivity index (χ0n) is 17.5. The van der Waals surface area contributed by atoms with Crippen molar-refractivity contribution in [2.45, 2.75) is 22.1 Å². The van der Waals surface area contributed by atoms with Crippen molar-refractivity contribution in [1.82, 2.24) is 15.2 Å². The van der Waals surface area contributed by atoms with Gasteiger partial charge in [-0.3, -0.25) is 5.10 Å². The molecule has 0 unspecified atom stereocenters. The van der Waals surface area contributed by atoms with Gasteiger partial charge in [0.2, 0.25) is 5.16 Å². The maximum Gasteiger partial charge on any atom is 0.342 e. The Balaban J connectivity index is 1.52. The summed E-state index contributed by atoms with van der Waals surface area (Å²) in [6.07, 6.45) is 1.45. The molecule has 0 atom stereocenters. The van der Waals surface area contributed by atoms with E-state index in [1.54, 1.807) is 37.4 Å². The van der Waals surface area contributed by atoms with E-state index in [4.69, 9.17) is 20.8 Å². The van der Waals surface area contributed by atoms with Gasteiger partial charge in [0, 0.05) is 16.0 Å². The molecular formula is C23H18ClN3O4S2. The number of aryl methyl sites for hydroxylation is 1. The summed E-state index contributed by atoms with van der Waals surface area (Å²) >= 11 is 8.45. The number of carbonyl (C=O) groups is 1. The van der Waals surface area contributed by atoms with Crippen molar-refractivity contribution in [3.05, 3.63) is 75.8 Å². The molecule has 2 aromatic carbocycles. The average molecular weight is 500 g/mol. The van der Waals surface area contributed by atoms with Crippen LogP contribution < -0.4 is 4.74 Å². The molecule has 0 saturated carbocycles. The lowest BCUT2D eigenvalue weighted by atomic mass is 10.2. The molecule has 0 amide bonds. The molecule has 4 rings (SSSR count). The molecule has 10 heteroatoms. The van der Waals surface area contributed by atoms with E-state index in [2.05, 4.69) is 15.2 Å². The van der Waals surface area contributed by atoms with Crippen molar-refractivity contribution in [1.29, 1.82) is 0 Å². The first kappa shape index (κ1) is 23.0. The minimum absolute atomic E-state index is 0.0137. The highest BCUT2D eigenvalue weighted by Crippen LogP contribution is 2.34. The van der Waals surface area contributed by atoms with Crippen LogP contribution in [-0.4, -0.2) is 33.4 Å². The zero-order chi connectivity index (χ0) is 23.4. The molecular weight excluding hydrogens is 482 g/mol. The van der Waals surface area contributed by atoms with E-state index in [0.717, 1.165) is 16.7 Å². The van der Waals surface area contributed by atoms with Crippen molar-refractivity contribution < 1.29 is 19.1 Å². The molecule has 0 bridgehead atoms. The number of rotatable bonds is 8. The van der Waals surface area contributed by atoms with Crippen molar-refractivity contribution in [2.24, 2.45) is 0 Å². The minimum atomic E-state index is -1.11. The number of nitrogens with one attached hydrogen (secondary N) is 1. The molecule has 2 N–H and O–H groups in total. The van der Waals surface area contributed by atoms with Crippen LogP contribution >= 0.6 is 35.1 Å². The number of nitrogens with zero attached hydrogens (tertiary/aromatic N) is 2. The monoisotopic (exact) mass is 499 g/mol. The highest BCUT2D eigenvalue weighted by Gasteiger charge is 2.17. The van der Waals surface area contributed by atoms with Crippen LogP contribution in [0.1, 0.15) is 11.3 Å². The van der Waals surface area contributed by atoms with Gasteiger partial charge in [0.15, 0.2) is 10.9 Å². The van der Waals surface area contributed by atoms with Gasteiger partial charge in [-0.1, -0.05) is 41.1 Å². The second kappa shape index (κ2) is 10.2. The Morgan fingerprint density at radius 3 is 2.70 bits per heavy atom. The quantitative estimate of drug-likeness (QED) is 0.212. The maximum atomic E-state index is 11.8. The number of halogens is 1. The predicted octanol–water partition coefficient (Wildman–Crippen LogP) is 6.40. The lowest BCUT2D eigenvalue weighted by molar-refractivity contribution is -0.131. The summed E-state index contributed by atoms with van der Waals surface area (Å²) in [5.74, 6) is 0.282. The van der Waals surface area contributed by atoms with E-state index >= 15 is 0 Å². The number of thioether (sulfide) groups is 1. The van der Waals surface area contributed by atoms with Gasteiger partial charge in [-0.25, -0.2) is 9.78 Å². The number of hydrogen-bond acceptors (Lipinski definition) is 7. The first-order valence-corrected chi connectivity index (χ1v) is 11.7. The third-order valence-electron chi connectivity index (χ3n) is 4.41. The third-order valence-corrected chi connectivity index (χ3v) is 6.45. The molecule has 33 heavy (non-hydrogen) atoms. The van der Waals surface area contributed by atoms with Gasteiger partial charge in [0.05, 0.1) is 12.7 Å². The highest BCUT2D eigenvalue weighted by atomic mass is 35.5. The number of aliphatic carboxylic acids is 1. The molecule has 0 saturated heterocycles. The Kier molecular flexibility index (Phi) is 7.12. The fraction of sp³-hybridized carbons (Fsp3) is 0.0870. The second-order valence-electron chi connectivity index (χ2n) is 6.80. The van der Waals surface area contributed by atoms with Crippen molar-refractivity contribution in [2.75, 3.05) is 7.11 Å². The van der Waals surface area contributed by atoms with Crippen molar-refractivity contribution in [3.63, 3.8) is 0 Å². The van der Waals surface area contributed by atoms with E-state index in [0.29, 0.717) is 33.0 Å². The lowest BCUT2D eigenvalue weighted by Gasteiger charge is -2.05. The van der Waals surface area contributed by atoms with Gasteiger partial charge >= 0.3 is 5.97 Å². The van der Waals surface area contributed by atoms with Crippen molar-refractivity contribution in [3.8, 4) is 17.1 Å². The van der Waals surface area contributed by atoms with Gasteiger partial charge in [-0.05, 0) is 61.2 Å². The third kappa shape index (κ3) is 5.81. The number of benzene rings is 2. The van der Waals surface area contributed by atoms with Gasteiger partial charge < -0.3 is 14.3 Å². The van der Waals surface area contributed by atoms with Crippen LogP contribution in [0.25, 0.3) is 17.5 Å². The summed E-state index contributed by atoms with van der Waals surface area (Å²) in [6.45, 7) is 2.03. The fourth-order valence-electron chi connectivity index (χ4n) is 2.83. The molecule has 7 nitrogen and oxygen atoms in total. The number of carboxylic acids is 1. The number of H-pyrrole nitrogens is 1. The number of hydrogen-bond donors (Lipinski definition) is 2. The summed E-state index contributed by atoms with van der Waals surface area (Å²) in [5.41, 5.74) is 1.79. The van der Waals surface area contributed by atoms with E-state index in [-0.39, 0.29) is 10.1 Å². The van der Waals surface area contributed by atoms with E-state index in [1.807, 2.05) is 31.2 Å². The highest BCUT2D eigenvalue weighted by molar-refractivity contribution is 8.04. The second-order valence-corrected chi connectivity index (χ2v) is 9.32. The molecule has 0 spiro atoms. The number of carboxylic acid groups (broad SMARTS) is 1. The van der Waals surface area contributed by atoms with E-state index in [1.165, 1.54) is 23.4 Å². The molecule has 2 heterocycles. The summed E-state index contributed by atoms with van der Waals surface area (Å²) in [6, 6.07) is 16.7. The van der Waals surface area contributed by atoms with Gasteiger partial charge in [0.1, 0.15) is 16.4 Å². The largest absolute Gasteiger partial charge is 0.496 e. The van der Waals surface area contributed by atoms with Crippen LogP contribution in [-0.2, 0) is 4.79 Å². The summed E-state index contributed by atoms with van der Waals surface area (Å²) in [5, 5.41) is 18.0. The maximum absolute atomic E-state index is 11.8. The molecule has 168 valence electrons. The molecule has 0 fully saturated rings. The Hall–Kier alpha value is -3.14. The molecule has 4 aromatic rings. The van der Waals surface area contributed by atoms with Crippen LogP contribution in [0.5, 0.6) is 5.75 Å². The number of furan rings is 1. The standard InChI is InChI=1S/C23H18ClN3O4S2/c1-13-3-7-16(8-4-13)32-20-10-6-15(31-20)12-19(22(28)29)33-23-25-21(26-27-23)17-11-14(24)5-9-18(17)30-2/h3-12H,1-2H3,(H,28,29)(H,25,26,27)/b19-12-. The Bertz CT molecular complexity index is 1320. The minimum Gasteiger partial charge on any atom is -0.496 e. The lowest BCUT2D eigenvalue weighted by Crippen LogP contribution is -1.97. The summed E-state index contributed by atoms with van der Waals surface area (Å²) in [7, 11) is 1.54. The molecule has 0 aliphatic heterocycles. The van der Waals surface area contributed by atoms with Gasteiger partial charge in [-0.2, -0.15) is 0 Å². The number of methoxy groups -OCH3 is 1. The Morgan fingerprint density at radius 1 is 1.18 bits per heavy atom. The van der Waals surface area contributed by atoms with Crippen LogP contribution in [0.4, 0.5) is 0 Å². The van der Waals surface area contributed by atoms with Crippen LogP contribution in [0, 0.1) is 6.92 Å². The van der Waals surface area contributed by atoms with E-state index < -0.39 is 5.97 Å². The topological polar surface area (TPSA) is 101 Å². The number of aromatic nitrogens is 3. The van der Waals surface area contributed by atoms with Crippen LogP contribution in [0.3, 0.4) is 0 Å². The molecule has 0 aliphatic carbocycles. The average Bonchev–Trinajstić information content (AvgIpc) is 3.44. The first-order chi connectivity index (χ1) is 15.9. The SMILES string of the molecule is COc1ccc(Cl)cc1-c1nc(S/C(=C\c2ccc(Sc3ccc(C)cc3)o2)C(=O)O)n[nH]1. The van der Waals surface area contributed by atoms with Crippen LogP contribution in [0.15, 0.2) is 79.1 Å². The number of aromatic amines is 1. The summed E-state index contributed by atoms with van der Waals surface area (Å²) in [4.78, 5) is 17.2. The van der Waals surface area contributed by atoms with E-state index in [9.17, 15) is 9.90 Å². The molecule has 0 aliphatic rings. The fourth-order valence-corrected chi connectivity index (χ4v) is 4.47. The molecule has 0 radical (unpaired) electrons. The summed E-state index contributed by atoms with van der Waals surface area (Å²) < 4.78 is 11.1.